The lowest BCUT2D eigenvalue weighted by molar-refractivity contribution is -0.123. The van der Waals surface area contributed by atoms with Crippen LogP contribution in [0.25, 0.3) is 0 Å². The summed E-state index contributed by atoms with van der Waals surface area (Å²) < 4.78 is 0. The summed E-state index contributed by atoms with van der Waals surface area (Å²) in [5, 5.41) is 13.1. The zero-order valence-corrected chi connectivity index (χ0v) is 10.1. The first-order valence-electron chi connectivity index (χ1n) is 5.01. The van der Waals surface area contributed by atoms with E-state index in [1.165, 1.54) is 0 Å². The van der Waals surface area contributed by atoms with Gasteiger partial charge in [-0.25, -0.2) is 5.43 Å². The number of hydrogen-bond donors (Lipinski definition) is 3. The van der Waals surface area contributed by atoms with E-state index < -0.39 is 18.6 Å². The number of nitrogens with zero attached hydrogens (tertiary/aromatic N) is 1. The minimum Gasteiger partial charge on any atom is -0.394 e. The zero-order chi connectivity index (χ0) is 12.8. The molecule has 6 heteroatoms. The van der Waals surface area contributed by atoms with Crippen molar-refractivity contribution in [3.05, 3.63) is 34.9 Å². The minimum atomic E-state index is -0.974. The van der Waals surface area contributed by atoms with Crippen molar-refractivity contribution in [2.45, 2.75) is 13.0 Å². The molecule has 0 aromatic heterocycles. The molecule has 92 valence electrons. The van der Waals surface area contributed by atoms with Crippen LogP contribution in [0.4, 0.5) is 0 Å². The summed E-state index contributed by atoms with van der Waals surface area (Å²) in [6.45, 7) is 1.29. The van der Waals surface area contributed by atoms with Crippen LogP contribution >= 0.6 is 11.6 Å². The molecule has 0 bridgehead atoms. The van der Waals surface area contributed by atoms with Crippen LogP contribution in [0.15, 0.2) is 29.4 Å². The molecule has 0 radical (unpaired) electrons. The fourth-order valence-electron chi connectivity index (χ4n) is 1.12. The third-order valence-electron chi connectivity index (χ3n) is 2.13. The number of rotatable bonds is 4. The van der Waals surface area contributed by atoms with Crippen molar-refractivity contribution in [1.29, 1.82) is 0 Å². The molecule has 1 rings (SSSR count). The number of carbonyl (C=O) groups is 1. The second-order valence-corrected chi connectivity index (χ2v) is 3.85. The van der Waals surface area contributed by atoms with Gasteiger partial charge in [-0.3, -0.25) is 4.79 Å². The van der Waals surface area contributed by atoms with E-state index in [1.54, 1.807) is 25.1 Å². The van der Waals surface area contributed by atoms with Gasteiger partial charge in [-0.1, -0.05) is 29.8 Å². The summed E-state index contributed by atoms with van der Waals surface area (Å²) in [4.78, 5) is 11.3. The maximum Gasteiger partial charge on any atom is 0.259 e. The van der Waals surface area contributed by atoms with Crippen LogP contribution in [0.3, 0.4) is 0 Å². The van der Waals surface area contributed by atoms with E-state index in [1.807, 2.05) is 6.07 Å². The second-order valence-electron chi connectivity index (χ2n) is 3.44. The Hall–Kier alpha value is -1.43. The lowest BCUT2D eigenvalue weighted by atomic mass is 10.1. The number of benzene rings is 1. The predicted octanol–water partition coefficient (Wildman–Crippen LogP) is 0.500. The molecule has 0 fully saturated rings. The summed E-state index contributed by atoms with van der Waals surface area (Å²) in [7, 11) is 0. The van der Waals surface area contributed by atoms with Crippen LogP contribution < -0.4 is 11.2 Å². The van der Waals surface area contributed by atoms with Crippen LogP contribution in [0.1, 0.15) is 12.5 Å². The number of nitrogens with one attached hydrogen (secondary N) is 1. The maximum atomic E-state index is 11.3. The molecule has 17 heavy (non-hydrogen) atoms. The summed E-state index contributed by atoms with van der Waals surface area (Å²) in [6, 6.07) is 6.18. The Kier molecular flexibility index (Phi) is 5.09. The lowest BCUT2D eigenvalue weighted by Crippen LogP contribution is -2.41. The molecule has 0 saturated heterocycles. The summed E-state index contributed by atoms with van der Waals surface area (Å²) >= 11 is 5.97. The SMILES string of the molecule is C/C(=N/NC(=O)[C@@H](N)CO)c1ccccc1Cl. The highest BCUT2D eigenvalue weighted by Crippen LogP contribution is 2.15. The van der Waals surface area contributed by atoms with E-state index in [0.717, 1.165) is 5.56 Å². The molecule has 0 aliphatic rings. The number of nitrogens with two attached hydrogens (primary N) is 1. The van der Waals surface area contributed by atoms with E-state index in [2.05, 4.69) is 10.5 Å². The topological polar surface area (TPSA) is 87.7 Å². The molecule has 1 atom stereocenters. The number of amides is 1. The Morgan fingerprint density at radius 2 is 2.24 bits per heavy atom. The summed E-state index contributed by atoms with van der Waals surface area (Å²) in [5.41, 5.74) is 8.87. The van der Waals surface area contributed by atoms with Gasteiger partial charge < -0.3 is 10.8 Å². The smallest absolute Gasteiger partial charge is 0.259 e. The van der Waals surface area contributed by atoms with E-state index in [9.17, 15) is 4.79 Å². The summed E-state index contributed by atoms with van der Waals surface area (Å²) in [6.07, 6.45) is 0. The molecule has 0 aliphatic heterocycles. The van der Waals surface area contributed by atoms with Gasteiger partial charge in [-0.05, 0) is 13.0 Å². The van der Waals surface area contributed by atoms with Gasteiger partial charge in [-0.2, -0.15) is 5.10 Å². The van der Waals surface area contributed by atoms with Gasteiger partial charge in [0.1, 0.15) is 6.04 Å². The highest BCUT2D eigenvalue weighted by Gasteiger charge is 2.11. The molecule has 1 aromatic carbocycles. The summed E-state index contributed by atoms with van der Waals surface area (Å²) in [5.74, 6) is -0.543. The van der Waals surface area contributed by atoms with Gasteiger partial charge in [-0.15, -0.1) is 0 Å². The van der Waals surface area contributed by atoms with E-state index in [4.69, 9.17) is 22.4 Å². The normalized spacial score (nSPS) is 13.3. The third-order valence-corrected chi connectivity index (χ3v) is 2.46. The number of carbonyl (C=O) groups excluding carboxylic acids is 1. The molecule has 1 aromatic rings. The minimum absolute atomic E-state index is 0.424. The Bertz CT molecular complexity index is 434. The van der Waals surface area contributed by atoms with Crippen molar-refractivity contribution in [3.8, 4) is 0 Å². The first-order valence-corrected chi connectivity index (χ1v) is 5.39. The predicted molar refractivity (Wildman–Crippen MR) is 66.9 cm³/mol. The molecular formula is C11H14ClN3O2. The zero-order valence-electron chi connectivity index (χ0n) is 9.35. The first kappa shape index (κ1) is 13.6. The number of aliphatic hydroxyl groups is 1. The van der Waals surface area contributed by atoms with Gasteiger partial charge in [0.05, 0.1) is 12.3 Å². The van der Waals surface area contributed by atoms with Gasteiger partial charge in [0.15, 0.2) is 0 Å². The molecule has 0 spiro atoms. The molecule has 4 N–H and O–H groups in total. The van der Waals surface area contributed by atoms with E-state index >= 15 is 0 Å². The van der Waals surface area contributed by atoms with Gasteiger partial charge >= 0.3 is 0 Å². The monoisotopic (exact) mass is 255 g/mol. The Labute approximate surface area is 104 Å². The van der Waals surface area contributed by atoms with Crippen LogP contribution in [0, 0.1) is 0 Å². The van der Waals surface area contributed by atoms with Crippen molar-refractivity contribution in [1.82, 2.24) is 5.43 Å². The van der Waals surface area contributed by atoms with E-state index in [-0.39, 0.29) is 0 Å². The van der Waals surface area contributed by atoms with Crippen LogP contribution in [0.2, 0.25) is 5.02 Å². The molecule has 0 unspecified atom stereocenters. The van der Waals surface area contributed by atoms with Crippen LogP contribution in [-0.4, -0.2) is 29.4 Å². The van der Waals surface area contributed by atoms with Crippen LogP contribution in [-0.2, 0) is 4.79 Å². The average Bonchev–Trinajstić information content (AvgIpc) is 2.35. The fourth-order valence-corrected chi connectivity index (χ4v) is 1.39. The van der Waals surface area contributed by atoms with E-state index in [0.29, 0.717) is 10.7 Å². The molecule has 0 aliphatic carbocycles. The van der Waals surface area contributed by atoms with Crippen molar-refractivity contribution in [2.75, 3.05) is 6.61 Å². The molecule has 5 nitrogen and oxygen atoms in total. The second kappa shape index (κ2) is 6.34. The van der Waals surface area contributed by atoms with Gasteiger partial charge in [0.2, 0.25) is 0 Å². The van der Waals surface area contributed by atoms with Crippen molar-refractivity contribution in [2.24, 2.45) is 10.8 Å². The number of hydrazone groups is 1. The highest BCUT2D eigenvalue weighted by molar-refractivity contribution is 6.34. The standard InChI is InChI=1S/C11H14ClN3O2/c1-7(8-4-2-3-5-9(8)12)14-15-11(17)10(13)6-16/h2-5,10,16H,6,13H2,1H3,(H,15,17)/b14-7-/t10-/m0/s1. The van der Waals surface area contributed by atoms with Crippen LogP contribution in [0.5, 0.6) is 0 Å². The molecule has 0 heterocycles. The number of halogens is 1. The Balaban J connectivity index is 2.74. The third kappa shape index (κ3) is 3.81. The maximum absolute atomic E-state index is 11.3. The Morgan fingerprint density at radius 3 is 2.82 bits per heavy atom. The highest BCUT2D eigenvalue weighted by atomic mass is 35.5. The molecular weight excluding hydrogens is 242 g/mol. The van der Waals surface area contributed by atoms with Gasteiger partial charge in [0, 0.05) is 10.6 Å². The van der Waals surface area contributed by atoms with Crippen molar-refractivity contribution < 1.29 is 9.90 Å². The number of hydrogen-bond acceptors (Lipinski definition) is 4. The fraction of sp³-hybridized carbons (Fsp3) is 0.273. The largest absolute Gasteiger partial charge is 0.394 e. The van der Waals surface area contributed by atoms with Gasteiger partial charge in [0.25, 0.3) is 5.91 Å². The Morgan fingerprint density at radius 1 is 1.59 bits per heavy atom. The van der Waals surface area contributed by atoms with Crippen molar-refractivity contribution in [3.63, 3.8) is 0 Å². The lowest BCUT2D eigenvalue weighted by Gasteiger charge is -2.07. The molecule has 1 amide bonds. The number of aliphatic hydroxyl groups excluding tert-OH is 1. The quantitative estimate of drug-likeness (QED) is 0.541. The first-order chi connectivity index (χ1) is 8.06. The van der Waals surface area contributed by atoms with Crippen molar-refractivity contribution >= 4 is 23.2 Å². The molecule has 0 saturated carbocycles. The average molecular weight is 256 g/mol.